The molecule has 0 spiro atoms. The summed E-state index contributed by atoms with van der Waals surface area (Å²) in [5, 5.41) is 3.88. The molecule has 3 heteroatoms. The van der Waals surface area contributed by atoms with Crippen LogP contribution in [0, 0.1) is 17.8 Å². The molecule has 4 bridgehead atoms. The summed E-state index contributed by atoms with van der Waals surface area (Å²) in [5.74, 6) is 3.48. The maximum Gasteiger partial charge on any atom is 0.170 e. The molecule has 1 aromatic heterocycles. The van der Waals surface area contributed by atoms with Gasteiger partial charge < -0.3 is 10.3 Å². The highest BCUT2D eigenvalue weighted by Gasteiger charge is 2.52. The molecule has 4 saturated carbocycles. The molecule has 2 N–H and O–H groups in total. The SMILES string of the molecule is Nc1nocc1C12CC3CC(CC(C3)C1)C2. The molecule has 0 saturated heterocycles. The second-order valence-electron chi connectivity index (χ2n) is 6.31. The Labute approximate surface area is 95.4 Å². The van der Waals surface area contributed by atoms with Crippen molar-refractivity contribution in [1.29, 1.82) is 0 Å². The average Bonchev–Trinajstić information content (AvgIpc) is 2.62. The van der Waals surface area contributed by atoms with Crippen molar-refractivity contribution < 1.29 is 4.52 Å². The van der Waals surface area contributed by atoms with Gasteiger partial charge >= 0.3 is 0 Å². The Morgan fingerprint density at radius 3 is 2.12 bits per heavy atom. The molecule has 0 aliphatic heterocycles. The van der Waals surface area contributed by atoms with E-state index in [1.54, 1.807) is 0 Å². The molecular formula is C13H18N2O. The lowest BCUT2D eigenvalue weighted by Crippen LogP contribution is -2.48. The molecule has 16 heavy (non-hydrogen) atoms. The molecule has 0 atom stereocenters. The Bertz CT molecular complexity index is 388. The predicted octanol–water partition coefficient (Wildman–Crippen LogP) is 2.72. The summed E-state index contributed by atoms with van der Waals surface area (Å²) in [6, 6.07) is 0. The number of anilines is 1. The molecule has 1 aromatic rings. The summed E-state index contributed by atoms with van der Waals surface area (Å²) in [7, 11) is 0. The Balaban J connectivity index is 1.79. The quantitative estimate of drug-likeness (QED) is 0.788. The van der Waals surface area contributed by atoms with Crippen molar-refractivity contribution in [2.45, 2.75) is 43.9 Å². The van der Waals surface area contributed by atoms with Crippen LogP contribution >= 0.6 is 0 Å². The van der Waals surface area contributed by atoms with Crippen LogP contribution in [0.2, 0.25) is 0 Å². The Kier molecular flexibility index (Phi) is 1.60. The first-order chi connectivity index (χ1) is 7.75. The monoisotopic (exact) mass is 218 g/mol. The zero-order valence-electron chi connectivity index (χ0n) is 9.48. The van der Waals surface area contributed by atoms with E-state index in [0.29, 0.717) is 11.2 Å². The van der Waals surface area contributed by atoms with Gasteiger partial charge in [-0.1, -0.05) is 5.16 Å². The minimum Gasteiger partial charge on any atom is -0.381 e. The molecule has 4 aliphatic rings. The molecule has 86 valence electrons. The van der Waals surface area contributed by atoms with Crippen LogP contribution in [0.1, 0.15) is 44.1 Å². The van der Waals surface area contributed by atoms with E-state index in [-0.39, 0.29) is 0 Å². The van der Waals surface area contributed by atoms with E-state index < -0.39 is 0 Å². The Morgan fingerprint density at radius 1 is 1.12 bits per heavy atom. The number of nitrogens with two attached hydrogens (primary N) is 1. The fourth-order valence-electron chi connectivity index (χ4n) is 5.08. The standard InChI is InChI=1S/C13H18N2O/c14-12-11(7-16-15-12)13-4-8-1-9(5-13)3-10(2-8)6-13/h7-10H,1-6H2,(H2,14,15). The van der Waals surface area contributed by atoms with E-state index >= 15 is 0 Å². The van der Waals surface area contributed by atoms with Gasteiger partial charge in [0.15, 0.2) is 5.82 Å². The van der Waals surface area contributed by atoms with Gasteiger partial charge in [-0.05, 0) is 56.3 Å². The molecule has 0 unspecified atom stereocenters. The fraction of sp³-hybridized carbons (Fsp3) is 0.769. The lowest BCUT2D eigenvalue weighted by atomic mass is 9.48. The highest BCUT2D eigenvalue weighted by Crippen LogP contribution is 2.61. The van der Waals surface area contributed by atoms with E-state index in [4.69, 9.17) is 10.3 Å². The summed E-state index contributed by atoms with van der Waals surface area (Å²) in [5.41, 5.74) is 7.50. The van der Waals surface area contributed by atoms with Gasteiger partial charge in [0.2, 0.25) is 0 Å². The smallest absolute Gasteiger partial charge is 0.170 e. The summed E-state index contributed by atoms with van der Waals surface area (Å²) in [6.45, 7) is 0. The number of nitrogen functional groups attached to an aromatic ring is 1. The van der Waals surface area contributed by atoms with Crippen LogP contribution in [0.4, 0.5) is 5.82 Å². The summed E-state index contributed by atoms with van der Waals surface area (Å²) >= 11 is 0. The van der Waals surface area contributed by atoms with Gasteiger partial charge in [0.05, 0.1) is 0 Å². The summed E-state index contributed by atoms with van der Waals surface area (Å²) < 4.78 is 5.06. The van der Waals surface area contributed by atoms with Gasteiger partial charge in [-0.2, -0.15) is 0 Å². The van der Waals surface area contributed by atoms with E-state index in [0.717, 1.165) is 17.8 Å². The first kappa shape index (κ1) is 9.08. The van der Waals surface area contributed by atoms with Crippen LogP contribution in [0.3, 0.4) is 0 Å². The fourth-order valence-corrected chi connectivity index (χ4v) is 5.08. The van der Waals surface area contributed by atoms with Crippen molar-refractivity contribution in [3.63, 3.8) is 0 Å². The van der Waals surface area contributed by atoms with Crippen molar-refractivity contribution in [3.8, 4) is 0 Å². The van der Waals surface area contributed by atoms with Crippen molar-refractivity contribution in [2.24, 2.45) is 17.8 Å². The molecule has 4 aliphatic carbocycles. The highest BCUT2D eigenvalue weighted by molar-refractivity contribution is 5.43. The van der Waals surface area contributed by atoms with Gasteiger partial charge in [-0.15, -0.1) is 0 Å². The van der Waals surface area contributed by atoms with Crippen LogP contribution in [0.5, 0.6) is 0 Å². The average molecular weight is 218 g/mol. The molecule has 0 aromatic carbocycles. The van der Waals surface area contributed by atoms with Crippen LogP contribution in [-0.2, 0) is 5.41 Å². The minimum absolute atomic E-state index is 0.332. The molecular weight excluding hydrogens is 200 g/mol. The number of hydrogen-bond donors (Lipinski definition) is 1. The molecule has 5 rings (SSSR count). The molecule has 4 fully saturated rings. The third-order valence-electron chi connectivity index (χ3n) is 5.21. The second-order valence-corrected chi connectivity index (χ2v) is 6.31. The number of nitrogens with zero attached hydrogens (tertiary/aromatic N) is 1. The van der Waals surface area contributed by atoms with Crippen LogP contribution < -0.4 is 5.73 Å². The number of hydrogen-bond acceptors (Lipinski definition) is 3. The highest BCUT2D eigenvalue weighted by atomic mass is 16.5. The van der Waals surface area contributed by atoms with Gasteiger partial charge in [0.25, 0.3) is 0 Å². The third-order valence-corrected chi connectivity index (χ3v) is 5.21. The van der Waals surface area contributed by atoms with Crippen LogP contribution in [-0.4, -0.2) is 5.16 Å². The Morgan fingerprint density at radius 2 is 1.69 bits per heavy atom. The Hall–Kier alpha value is -0.990. The molecule has 0 amide bonds. The summed E-state index contributed by atoms with van der Waals surface area (Å²) in [4.78, 5) is 0. The zero-order chi connectivity index (χ0) is 10.8. The maximum absolute atomic E-state index is 5.96. The van der Waals surface area contributed by atoms with Crippen LogP contribution in [0.25, 0.3) is 0 Å². The largest absolute Gasteiger partial charge is 0.381 e. The zero-order valence-corrected chi connectivity index (χ0v) is 9.48. The molecule has 0 radical (unpaired) electrons. The minimum atomic E-state index is 0.332. The van der Waals surface area contributed by atoms with Crippen LogP contribution in [0.15, 0.2) is 10.8 Å². The second kappa shape index (κ2) is 2.82. The topological polar surface area (TPSA) is 52.0 Å². The lowest BCUT2D eigenvalue weighted by molar-refractivity contribution is -0.00511. The molecule has 3 nitrogen and oxygen atoms in total. The van der Waals surface area contributed by atoms with E-state index in [1.807, 2.05) is 6.26 Å². The number of aromatic nitrogens is 1. The maximum atomic E-state index is 5.96. The van der Waals surface area contributed by atoms with Crippen molar-refractivity contribution in [1.82, 2.24) is 5.16 Å². The number of rotatable bonds is 1. The van der Waals surface area contributed by atoms with Crippen molar-refractivity contribution in [3.05, 3.63) is 11.8 Å². The summed E-state index contributed by atoms with van der Waals surface area (Å²) in [6.07, 6.45) is 10.2. The normalized spacial score (nSPS) is 45.1. The van der Waals surface area contributed by atoms with Gasteiger partial charge in [-0.25, -0.2) is 0 Å². The van der Waals surface area contributed by atoms with Crippen molar-refractivity contribution >= 4 is 5.82 Å². The molecule has 1 heterocycles. The van der Waals surface area contributed by atoms with Gasteiger partial charge in [0.1, 0.15) is 6.26 Å². The third kappa shape index (κ3) is 1.06. The van der Waals surface area contributed by atoms with E-state index in [9.17, 15) is 0 Å². The first-order valence-electron chi connectivity index (χ1n) is 6.45. The van der Waals surface area contributed by atoms with Crippen molar-refractivity contribution in [2.75, 3.05) is 5.73 Å². The first-order valence-corrected chi connectivity index (χ1v) is 6.45. The van der Waals surface area contributed by atoms with E-state index in [2.05, 4.69) is 5.16 Å². The van der Waals surface area contributed by atoms with Gasteiger partial charge in [0, 0.05) is 11.0 Å². The van der Waals surface area contributed by atoms with E-state index in [1.165, 1.54) is 44.1 Å². The lowest BCUT2D eigenvalue weighted by Gasteiger charge is -2.56. The van der Waals surface area contributed by atoms with Gasteiger partial charge in [-0.3, -0.25) is 0 Å². The predicted molar refractivity (Wildman–Crippen MR) is 60.8 cm³/mol.